The number of hydrogen-bond donors (Lipinski definition) is 0. The summed E-state index contributed by atoms with van der Waals surface area (Å²) in [6, 6.07) is 14.6. The number of para-hydroxylation sites is 1. The maximum absolute atomic E-state index is 11.8. The number of nitrogens with zero attached hydrogens (tertiary/aromatic N) is 1. The van der Waals surface area contributed by atoms with Gasteiger partial charge in [-0.15, -0.1) is 0 Å². The van der Waals surface area contributed by atoms with Gasteiger partial charge in [0.15, 0.2) is 0 Å². The van der Waals surface area contributed by atoms with Crippen molar-refractivity contribution < 1.29 is 14.3 Å². The van der Waals surface area contributed by atoms with E-state index in [1.54, 1.807) is 30.5 Å². The van der Waals surface area contributed by atoms with Gasteiger partial charge in [-0.2, -0.15) is 0 Å². The molecule has 132 valence electrons. The molecule has 0 amide bonds. The lowest BCUT2D eigenvalue weighted by Crippen LogP contribution is -2.10. The Bertz CT molecular complexity index is 951. The van der Waals surface area contributed by atoms with Gasteiger partial charge >= 0.3 is 5.97 Å². The van der Waals surface area contributed by atoms with Crippen LogP contribution in [0, 0.1) is 0 Å². The molecule has 0 radical (unpaired) electrons. The molecule has 6 heteroatoms. The second-order valence-electron chi connectivity index (χ2n) is 5.35. The van der Waals surface area contributed by atoms with Crippen molar-refractivity contribution in [1.29, 1.82) is 0 Å². The SMILES string of the molecule is O=C(/C=C/c1cccc2cccnc12)OCCOc1ccc(Cl)cc1Cl. The normalized spacial score (nSPS) is 11.0. The first kappa shape index (κ1) is 18.2. The highest BCUT2D eigenvalue weighted by molar-refractivity contribution is 6.35. The second kappa shape index (κ2) is 8.70. The molecule has 4 nitrogen and oxygen atoms in total. The van der Waals surface area contributed by atoms with Gasteiger partial charge in [-0.05, 0) is 30.3 Å². The fourth-order valence-corrected chi connectivity index (χ4v) is 2.82. The van der Waals surface area contributed by atoms with Crippen LogP contribution in [0.25, 0.3) is 17.0 Å². The Hall–Kier alpha value is -2.56. The fourth-order valence-electron chi connectivity index (χ4n) is 2.35. The molecule has 0 unspecified atom stereocenters. The maximum atomic E-state index is 11.8. The monoisotopic (exact) mass is 387 g/mol. The third-order valence-electron chi connectivity index (χ3n) is 3.54. The molecule has 2 aromatic carbocycles. The molecule has 0 atom stereocenters. The zero-order chi connectivity index (χ0) is 18.4. The van der Waals surface area contributed by atoms with Crippen molar-refractivity contribution >= 4 is 46.2 Å². The standard InChI is InChI=1S/C20H15Cl2NO3/c21-16-7-8-18(17(22)13-16)25-11-12-26-19(24)9-6-15-4-1-3-14-5-2-10-23-20(14)15/h1-10,13H,11-12H2/b9-6+. The first-order valence-corrected chi connectivity index (χ1v) is 8.65. The minimum absolute atomic E-state index is 0.107. The zero-order valence-electron chi connectivity index (χ0n) is 13.7. The highest BCUT2D eigenvalue weighted by Gasteiger charge is 2.04. The van der Waals surface area contributed by atoms with E-state index >= 15 is 0 Å². The van der Waals surface area contributed by atoms with E-state index in [-0.39, 0.29) is 13.2 Å². The molecule has 0 N–H and O–H groups in total. The number of benzene rings is 2. The summed E-state index contributed by atoms with van der Waals surface area (Å²) in [5.41, 5.74) is 1.68. The Morgan fingerprint density at radius 3 is 2.77 bits per heavy atom. The van der Waals surface area contributed by atoms with Gasteiger partial charge in [0, 0.05) is 28.2 Å². The Morgan fingerprint density at radius 1 is 1.08 bits per heavy atom. The van der Waals surface area contributed by atoms with E-state index in [0.29, 0.717) is 15.8 Å². The summed E-state index contributed by atoms with van der Waals surface area (Å²) in [5, 5.41) is 1.95. The van der Waals surface area contributed by atoms with E-state index in [0.717, 1.165) is 16.5 Å². The van der Waals surface area contributed by atoms with Crippen molar-refractivity contribution in [2.45, 2.75) is 0 Å². The number of rotatable bonds is 6. The predicted octanol–water partition coefficient (Wildman–Crippen LogP) is 5.18. The average molecular weight is 388 g/mol. The van der Waals surface area contributed by atoms with Crippen LogP contribution in [-0.4, -0.2) is 24.2 Å². The van der Waals surface area contributed by atoms with E-state index in [1.807, 2.05) is 30.3 Å². The van der Waals surface area contributed by atoms with Crippen molar-refractivity contribution in [3.63, 3.8) is 0 Å². The molecule has 0 aliphatic rings. The Labute approximate surface area is 161 Å². The first-order chi connectivity index (χ1) is 12.6. The minimum atomic E-state index is -0.455. The van der Waals surface area contributed by atoms with Crippen LogP contribution in [0.2, 0.25) is 10.0 Å². The van der Waals surface area contributed by atoms with Crippen LogP contribution in [0.3, 0.4) is 0 Å². The summed E-state index contributed by atoms with van der Waals surface area (Å²) >= 11 is 11.8. The van der Waals surface area contributed by atoms with Gasteiger partial charge < -0.3 is 9.47 Å². The number of carbonyl (C=O) groups excluding carboxylic acids is 1. The summed E-state index contributed by atoms with van der Waals surface area (Å²) in [7, 11) is 0. The summed E-state index contributed by atoms with van der Waals surface area (Å²) in [4.78, 5) is 16.2. The number of hydrogen-bond acceptors (Lipinski definition) is 4. The Balaban J connectivity index is 1.51. The van der Waals surface area contributed by atoms with Crippen LogP contribution in [0.4, 0.5) is 0 Å². The fraction of sp³-hybridized carbons (Fsp3) is 0.100. The lowest BCUT2D eigenvalue weighted by atomic mass is 10.1. The van der Waals surface area contributed by atoms with Crippen molar-refractivity contribution in [3.05, 3.63) is 76.4 Å². The summed E-state index contributed by atoms with van der Waals surface area (Å²) in [6.45, 7) is 0.298. The minimum Gasteiger partial charge on any atom is -0.488 e. The number of pyridine rings is 1. The number of ether oxygens (including phenoxy) is 2. The molecule has 0 saturated heterocycles. The number of esters is 1. The number of fused-ring (bicyclic) bond motifs is 1. The predicted molar refractivity (Wildman–Crippen MR) is 104 cm³/mol. The first-order valence-electron chi connectivity index (χ1n) is 7.90. The Morgan fingerprint density at radius 2 is 1.92 bits per heavy atom. The van der Waals surface area contributed by atoms with Crippen molar-refractivity contribution in [2.24, 2.45) is 0 Å². The molecule has 0 aliphatic carbocycles. The molecule has 0 saturated carbocycles. The molecule has 3 rings (SSSR count). The van der Waals surface area contributed by atoms with E-state index in [1.165, 1.54) is 6.08 Å². The molecule has 0 fully saturated rings. The molecule has 26 heavy (non-hydrogen) atoms. The molecule has 3 aromatic rings. The zero-order valence-corrected chi connectivity index (χ0v) is 15.2. The van der Waals surface area contributed by atoms with Crippen molar-refractivity contribution in [1.82, 2.24) is 4.98 Å². The van der Waals surface area contributed by atoms with Crippen LogP contribution >= 0.6 is 23.2 Å². The van der Waals surface area contributed by atoms with Crippen molar-refractivity contribution in [3.8, 4) is 5.75 Å². The van der Waals surface area contributed by atoms with Gasteiger partial charge in [0.25, 0.3) is 0 Å². The van der Waals surface area contributed by atoms with E-state index in [2.05, 4.69) is 4.98 Å². The van der Waals surface area contributed by atoms with Crippen LogP contribution in [0.5, 0.6) is 5.75 Å². The van der Waals surface area contributed by atoms with Crippen LogP contribution in [0.1, 0.15) is 5.56 Å². The Kier molecular flexibility index (Phi) is 6.10. The molecular weight excluding hydrogens is 373 g/mol. The lowest BCUT2D eigenvalue weighted by Gasteiger charge is -2.08. The van der Waals surface area contributed by atoms with Gasteiger partial charge in [-0.3, -0.25) is 4.98 Å². The van der Waals surface area contributed by atoms with E-state index < -0.39 is 5.97 Å². The lowest BCUT2D eigenvalue weighted by molar-refractivity contribution is -0.138. The largest absolute Gasteiger partial charge is 0.488 e. The average Bonchev–Trinajstić information content (AvgIpc) is 2.65. The summed E-state index contributed by atoms with van der Waals surface area (Å²) < 4.78 is 10.6. The smallest absolute Gasteiger partial charge is 0.330 e. The summed E-state index contributed by atoms with van der Waals surface area (Å²) in [5.74, 6) is 0.0354. The van der Waals surface area contributed by atoms with Crippen LogP contribution < -0.4 is 4.74 Å². The molecular formula is C20H15Cl2NO3. The molecule has 0 bridgehead atoms. The maximum Gasteiger partial charge on any atom is 0.330 e. The number of carbonyl (C=O) groups is 1. The highest BCUT2D eigenvalue weighted by atomic mass is 35.5. The molecule has 0 spiro atoms. The van der Waals surface area contributed by atoms with E-state index in [9.17, 15) is 4.79 Å². The van der Waals surface area contributed by atoms with Crippen molar-refractivity contribution in [2.75, 3.05) is 13.2 Å². The van der Waals surface area contributed by atoms with Gasteiger partial charge in [0.2, 0.25) is 0 Å². The van der Waals surface area contributed by atoms with Gasteiger partial charge in [-0.25, -0.2) is 4.79 Å². The van der Waals surface area contributed by atoms with E-state index in [4.69, 9.17) is 32.7 Å². The molecule has 0 aliphatic heterocycles. The van der Waals surface area contributed by atoms with Gasteiger partial charge in [-0.1, -0.05) is 47.5 Å². The summed E-state index contributed by atoms with van der Waals surface area (Å²) in [6.07, 6.45) is 4.78. The topological polar surface area (TPSA) is 48.4 Å². The molecule has 1 aromatic heterocycles. The van der Waals surface area contributed by atoms with Gasteiger partial charge in [0.05, 0.1) is 10.5 Å². The second-order valence-corrected chi connectivity index (χ2v) is 6.19. The van der Waals surface area contributed by atoms with Crippen LogP contribution in [0.15, 0.2) is 60.8 Å². The highest BCUT2D eigenvalue weighted by Crippen LogP contribution is 2.27. The number of halogens is 2. The third-order valence-corrected chi connectivity index (χ3v) is 4.07. The third kappa shape index (κ3) is 4.75. The van der Waals surface area contributed by atoms with Gasteiger partial charge in [0.1, 0.15) is 19.0 Å². The molecule has 1 heterocycles. The van der Waals surface area contributed by atoms with Crippen LogP contribution in [-0.2, 0) is 9.53 Å². The number of aromatic nitrogens is 1. The quantitative estimate of drug-likeness (QED) is 0.332.